The Bertz CT molecular complexity index is 847. The summed E-state index contributed by atoms with van der Waals surface area (Å²) in [6.07, 6.45) is 1.12. The van der Waals surface area contributed by atoms with Gasteiger partial charge in [0.2, 0.25) is 0 Å². The molecule has 2 aromatic carbocycles. The second kappa shape index (κ2) is 8.22. The molecule has 2 aliphatic rings. The van der Waals surface area contributed by atoms with Crippen LogP contribution in [-0.2, 0) is 0 Å². The number of aliphatic hydroxyl groups is 2. The van der Waals surface area contributed by atoms with Crippen LogP contribution in [-0.4, -0.2) is 54.6 Å². The first-order valence-electron chi connectivity index (χ1n) is 10.1. The molecule has 0 unspecified atom stereocenters. The molecule has 2 aromatic rings. The van der Waals surface area contributed by atoms with E-state index in [2.05, 4.69) is 4.90 Å². The largest absolute Gasteiger partial charge is 0.497 e. The van der Waals surface area contributed by atoms with Gasteiger partial charge in [-0.1, -0.05) is 12.1 Å². The Hall–Kier alpha value is -2.28. The third-order valence-electron chi connectivity index (χ3n) is 6.15. The van der Waals surface area contributed by atoms with Crippen LogP contribution in [0.25, 0.3) is 0 Å². The molecule has 0 aromatic heterocycles. The lowest BCUT2D eigenvalue weighted by molar-refractivity contribution is -0.0588. The van der Waals surface area contributed by atoms with E-state index in [9.17, 15) is 10.2 Å². The van der Waals surface area contributed by atoms with E-state index in [-0.39, 0.29) is 5.60 Å². The number of rotatable bonds is 5. The summed E-state index contributed by atoms with van der Waals surface area (Å²) in [5.41, 5.74) is 1.32. The van der Waals surface area contributed by atoms with Crippen LogP contribution in [0.15, 0.2) is 42.5 Å². The molecule has 1 fully saturated rings. The van der Waals surface area contributed by atoms with E-state index in [0.717, 1.165) is 48.6 Å². The maximum atomic E-state index is 10.7. The van der Waals surface area contributed by atoms with Gasteiger partial charge in [-0.15, -0.1) is 0 Å². The lowest BCUT2D eigenvalue weighted by Crippen LogP contribution is -2.51. The topological polar surface area (TPSA) is 71.4 Å². The number of ether oxygens (including phenoxy) is 3. The Labute approximate surface area is 171 Å². The Morgan fingerprint density at radius 1 is 1.10 bits per heavy atom. The Morgan fingerprint density at radius 2 is 1.83 bits per heavy atom. The van der Waals surface area contributed by atoms with Crippen molar-refractivity contribution in [3.8, 4) is 17.2 Å². The SMILES string of the molecule is COc1cccc([C@@H](O)CN2CCC3(CC2)C[C@@H](O)c2ccc(OC)cc2O3)c1. The van der Waals surface area contributed by atoms with Crippen LogP contribution in [0.1, 0.15) is 42.6 Å². The van der Waals surface area contributed by atoms with Gasteiger partial charge >= 0.3 is 0 Å². The van der Waals surface area contributed by atoms with E-state index in [1.54, 1.807) is 14.2 Å². The fourth-order valence-electron chi connectivity index (χ4n) is 4.39. The number of likely N-dealkylation sites (tertiary alicyclic amines) is 1. The maximum Gasteiger partial charge on any atom is 0.129 e. The predicted octanol–water partition coefficient (Wildman–Crippen LogP) is 3.09. The number of hydrogen-bond acceptors (Lipinski definition) is 6. The molecule has 1 spiro atoms. The molecule has 2 aliphatic heterocycles. The van der Waals surface area contributed by atoms with Gasteiger partial charge in [-0.05, 0) is 42.7 Å². The maximum absolute atomic E-state index is 10.7. The highest BCUT2D eigenvalue weighted by atomic mass is 16.5. The summed E-state index contributed by atoms with van der Waals surface area (Å²) in [5.74, 6) is 2.19. The summed E-state index contributed by atoms with van der Waals surface area (Å²) < 4.78 is 17.0. The van der Waals surface area contributed by atoms with Crippen LogP contribution in [0, 0.1) is 0 Å². The molecular weight excluding hydrogens is 370 g/mol. The van der Waals surface area contributed by atoms with E-state index in [1.165, 1.54) is 0 Å². The van der Waals surface area contributed by atoms with Crippen molar-refractivity contribution in [2.75, 3.05) is 33.9 Å². The quantitative estimate of drug-likeness (QED) is 0.805. The Morgan fingerprint density at radius 3 is 2.55 bits per heavy atom. The zero-order chi connectivity index (χ0) is 20.4. The summed E-state index contributed by atoms with van der Waals surface area (Å²) >= 11 is 0. The van der Waals surface area contributed by atoms with Crippen molar-refractivity contribution < 1.29 is 24.4 Å². The third kappa shape index (κ3) is 4.20. The normalized spacial score (nSPS) is 21.9. The van der Waals surface area contributed by atoms with E-state index >= 15 is 0 Å². The number of β-amino-alcohol motifs (C(OH)–C–C–N with tert-alkyl or cyclic N) is 1. The van der Waals surface area contributed by atoms with Crippen LogP contribution < -0.4 is 14.2 Å². The van der Waals surface area contributed by atoms with E-state index in [1.807, 2.05) is 42.5 Å². The molecular formula is C23H29NO5. The molecule has 6 nitrogen and oxygen atoms in total. The van der Waals surface area contributed by atoms with Gasteiger partial charge in [0.15, 0.2) is 0 Å². The van der Waals surface area contributed by atoms with Gasteiger partial charge in [-0.25, -0.2) is 0 Å². The number of methoxy groups -OCH3 is 2. The molecule has 2 N–H and O–H groups in total. The summed E-state index contributed by atoms with van der Waals surface area (Å²) in [7, 11) is 3.25. The molecule has 0 bridgehead atoms. The van der Waals surface area contributed by atoms with Gasteiger partial charge in [0, 0.05) is 37.7 Å². The number of hydrogen-bond donors (Lipinski definition) is 2. The number of nitrogens with zero attached hydrogens (tertiary/aromatic N) is 1. The van der Waals surface area contributed by atoms with E-state index in [0.29, 0.717) is 18.7 Å². The number of fused-ring (bicyclic) bond motifs is 1. The minimum atomic E-state index is -0.568. The molecule has 29 heavy (non-hydrogen) atoms. The third-order valence-corrected chi connectivity index (χ3v) is 6.15. The number of piperidine rings is 1. The number of aliphatic hydroxyl groups excluding tert-OH is 2. The van der Waals surface area contributed by atoms with Gasteiger partial charge in [-0.3, -0.25) is 0 Å². The summed E-state index contributed by atoms with van der Waals surface area (Å²) in [5, 5.41) is 21.3. The average Bonchev–Trinajstić information content (AvgIpc) is 2.75. The summed E-state index contributed by atoms with van der Waals surface area (Å²) in [6.45, 7) is 2.19. The van der Waals surface area contributed by atoms with Crippen molar-refractivity contribution in [2.45, 2.75) is 37.1 Å². The van der Waals surface area contributed by atoms with Gasteiger partial charge < -0.3 is 29.3 Å². The highest BCUT2D eigenvalue weighted by Gasteiger charge is 2.43. The molecule has 0 amide bonds. The molecule has 2 atom stereocenters. The lowest BCUT2D eigenvalue weighted by atomic mass is 9.81. The van der Waals surface area contributed by atoms with Gasteiger partial charge in [0.05, 0.1) is 26.4 Å². The van der Waals surface area contributed by atoms with Crippen LogP contribution in [0.2, 0.25) is 0 Å². The van der Waals surface area contributed by atoms with Crippen LogP contribution >= 0.6 is 0 Å². The molecule has 156 valence electrons. The van der Waals surface area contributed by atoms with Gasteiger partial charge in [-0.2, -0.15) is 0 Å². The van der Waals surface area contributed by atoms with Gasteiger partial charge in [0.1, 0.15) is 22.8 Å². The van der Waals surface area contributed by atoms with Crippen LogP contribution in [0.4, 0.5) is 0 Å². The van der Waals surface area contributed by atoms with Crippen molar-refractivity contribution >= 4 is 0 Å². The summed E-state index contributed by atoms with van der Waals surface area (Å²) in [4.78, 5) is 2.26. The minimum Gasteiger partial charge on any atom is -0.497 e. The second-order valence-corrected chi connectivity index (χ2v) is 8.00. The summed E-state index contributed by atoms with van der Waals surface area (Å²) in [6, 6.07) is 13.2. The zero-order valence-corrected chi connectivity index (χ0v) is 17.0. The molecule has 4 rings (SSSR count). The van der Waals surface area contributed by atoms with Crippen molar-refractivity contribution in [3.05, 3.63) is 53.6 Å². The fraction of sp³-hybridized carbons (Fsp3) is 0.478. The first-order chi connectivity index (χ1) is 14.0. The first-order valence-corrected chi connectivity index (χ1v) is 10.1. The molecule has 6 heteroatoms. The zero-order valence-electron chi connectivity index (χ0n) is 17.0. The molecule has 0 radical (unpaired) electrons. The van der Waals surface area contributed by atoms with Crippen molar-refractivity contribution in [1.82, 2.24) is 4.90 Å². The van der Waals surface area contributed by atoms with Crippen molar-refractivity contribution in [1.29, 1.82) is 0 Å². The molecule has 0 aliphatic carbocycles. The van der Waals surface area contributed by atoms with Crippen molar-refractivity contribution in [2.24, 2.45) is 0 Å². The van der Waals surface area contributed by atoms with Crippen molar-refractivity contribution in [3.63, 3.8) is 0 Å². The fourth-order valence-corrected chi connectivity index (χ4v) is 4.39. The Balaban J connectivity index is 1.40. The molecule has 1 saturated heterocycles. The average molecular weight is 399 g/mol. The highest BCUT2D eigenvalue weighted by molar-refractivity contribution is 5.44. The van der Waals surface area contributed by atoms with Crippen LogP contribution in [0.5, 0.6) is 17.2 Å². The van der Waals surface area contributed by atoms with E-state index in [4.69, 9.17) is 14.2 Å². The van der Waals surface area contributed by atoms with Gasteiger partial charge in [0.25, 0.3) is 0 Å². The monoisotopic (exact) mass is 399 g/mol. The standard InChI is InChI=1S/C23H29NO5/c1-27-17-5-3-4-16(12-17)21(26)15-24-10-8-23(9-11-24)14-20(25)19-7-6-18(28-2)13-22(19)29-23/h3-7,12-13,20-21,25-26H,8-11,14-15H2,1-2H3/t20-,21+/m1/s1. The lowest BCUT2D eigenvalue weighted by Gasteiger charge is -2.46. The van der Waals surface area contributed by atoms with E-state index < -0.39 is 12.2 Å². The molecule has 2 heterocycles. The smallest absolute Gasteiger partial charge is 0.129 e. The molecule has 0 saturated carbocycles. The Kier molecular flexibility index (Phi) is 5.67. The minimum absolute atomic E-state index is 0.365. The highest BCUT2D eigenvalue weighted by Crippen LogP contribution is 2.45. The second-order valence-electron chi connectivity index (χ2n) is 8.00. The number of benzene rings is 2. The van der Waals surface area contributed by atoms with Crippen LogP contribution in [0.3, 0.4) is 0 Å². The predicted molar refractivity (Wildman–Crippen MR) is 110 cm³/mol. The first kappa shape index (κ1) is 20.0.